The van der Waals surface area contributed by atoms with E-state index in [1.54, 1.807) is 13.8 Å². The van der Waals surface area contributed by atoms with Gasteiger partial charge in [0.1, 0.15) is 11.6 Å². The van der Waals surface area contributed by atoms with E-state index >= 15 is 0 Å². The second kappa shape index (κ2) is 4.44. The topological polar surface area (TPSA) is 46.2 Å². The molecule has 1 rings (SSSR count). The summed E-state index contributed by atoms with van der Waals surface area (Å²) in [6.45, 7) is 3.35. The third kappa shape index (κ3) is 2.57. The van der Waals surface area contributed by atoms with Gasteiger partial charge in [0, 0.05) is 11.6 Å². The molecule has 0 saturated carbocycles. The quantitative estimate of drug-likeness (QED) is 0.739. The van der Waals surface area contributed by atoms with Crippen LogP contribution in [0.4, 0.5) is 4.39 Å². The molecular weight excluding hydrogens is 193 g/mol. The Morgan fingerprint density at radius 3 is 2.46 bits per heavy atom. The first-order chi connectivity index (χ1) is 5.52. The lowest BCUT2D eigenvalue weighted by molar-refractivity contribution is 0.456. The minimum atomic E-state index is -0.363. The highest BCUT2D eigenvalue weighted by molar-refractivity contribution is 5.85. The van der Waals surface area contributed by atoms with Crippen molar-refractivity contribution in [3.8, 4) is 5.75 Å². The summed E-state index contributed by atoms with van der Waals surface area (Å²) in [5, 5.41) is 9.45. The van der Waals surface area contributed by atoms with Gasteiger partial charge in [-0.15, -0.1) is 12.4 Å². The number of aryl methyl sites for hydroxylation is 1. The van der Waals surface area contributed by atoms with Gasteiger partial charge in [-0.2, -0.15) is 0 Å². The minimum Gasteiger partial charge on any atom is -0.507 e. The van der Waals surface area contributed by atoms with Gasteiger partial charge in [0.25, 0.3) is 0 Å². The monoisotopic (exact) mass is 205 g/mol. The number of rotatable bonds is 1. The highest BCUT2D eigenvalue weighted by Gasteiger charge is 2.09. The molecule has 4 heteroatoms. The molecule has 0 radical (unpaired) electrons. The van der Waals surface area contributed by atoms with Crippen LogP contribution in [0.1, 0.15) is 24.1 Å². The first-order valence-electron chi connectivity index (χ1n) is 3.77. The van der Waals surface area contributed by atoms with Crippen molar-refractivity contribution in [3.05, 3.63) is 29.1 Å². The number of hydrogen-bond acceptors (Lipinski definition) is 2. The van der Waals surface area contributed by atoms with Crippen molar-refractivity contribution in [3.63, 3.8) is 0 Å². The molecule has 74 valence electrons. The Morgan fingerprint density at radius 2 is 2.00 bits per heavy atom. The molecule has 0 unspecified atom stereocenters. The Balaban J connectivity index is 0.00000144. The van der Waals surface area contributed by atoms with Gasteiger partial charge in [0.2, 0.25) is 0 Å². The fraction of sp³-hybridized carbons (Fsp3) is 0.333. The zero-order chi connectivity index (χ0) is 9.30. The SMILES string of the molecule is Cc1cc(F)cc([C@@H](C)N)c1O.Cl. The molecule has 13 heavy (non-hydrogen) atoms. The first kappa shape index (κ1) is 12.2. The number of nitrogens with two attached hydrogens (primary N) is 1. The van der Waals surface area contributed by atoms with Gasteiger partial charge >= 0.3 is 0 Å². The van der Waals surface area contributed by atoms with Crippen molar-refractivity contribution in [1.82, 2.24) is 0 Å². The maximum atomic E-state index is 12.8. The molecule has 0 amide bonds. The highest BCUT2D eigenvalue weighted by atomic mass is 35.5. The van der Waals surface area contributed by atoms with Gasteiger partial charge in [0.15, 0.2) is 0 Å². The molecule has 0 aliphatic rings. The van der Waals surface area contributed by atoms with E-state index in [2.05, 4.69) is 0 Å². The smallest absolute Gasteiger partial charge is 0.124 e. The first-order valence-corrected chi connectivity index (χ1v) is 3.77. The zero-order valence-corrected chi connectivity index (χ0v) is 8.36. The second-order valence-electron chi connectivity index (χ2n) is 2.95. The molecule has 1 aromatic rings. The number of phenols is 1. The average Bonchev–Trinajstić information content (AvgIpc) is 1.96. The third-order valence-electron chi connectivity index (χ3n) is 1.79. The molecule has 0 bridgehead atoms. The van der Waals surface area contributed by atoms with E-state index < -0.39 is 0 Å². The van der Waals surface area contributed by atoms with Gasteiger partial charge in [-0.25, -0.2) is 4.39 Å². The van der Waals surface area contributed by atoms with Gasteiger partial charge in [0.05, 0.1) is 0 Å². The van der Waals surface area contributed by atoms with Gasteiger partial charge in [-0.3, -0.25) is 0 Å². The van der Waals surface area contributed by atoms with E-state index in [0.29, 0.717) is 11.1 Å². The number of hydrogen-bond donors (Lipinski definition) is 2. The third-order valence-corrected chi connectivity index (χ3v) is 1.79. The van der Waals surface area contributed by atoms with Gasteiger partial charge in [-0.1, -0.05) is 0 Å². The largest absolute Gasteiger partial charge is 0.507 e. The minimum absolute atomic E-state index is 0. The molecule has 1 aromatic carbocycles. The van der Waals surface area contributed by atoms with Crippen LogP contribution >= 0.6 is 12.4 Å². The Hall–Kier alpha value is -0.800. The van der Waals surface area contributed by atoms with Crippen LogP contribution in [-0.2, 0) is 0 Å². The number of phenolic OH excluding ortho intramolecular Hbond substituents is 1. The van der Waals surface area contributed by atoms with Crippen molar-refractivity contribution in [2.45, 2.75) is 19.9 Å². The van der Waals surface area contributed by atoms with E-state index in [4.69, 9.17) is 5.73 Å². The standard InChI is InChI=1S/C9H12FNO.ClH/c1-5-3-7(10)4-8(6(2)11)9(5)12;/h3-4,6,12H,11H2,1-2H3;1H/t6-;/m1./s1. The van der Waals surface area contributed by atoms with Gasteiger partial charge < -0.3 is 10.8 Å². The molecule has 3 N–H and O–H groups in total. The number of aromatic hydroxyl groups is 1. The van der Waals surface area contributed by atoms with Crippen molar-refractivity contribution in [2.75, 3.05) is 0 Å². The Morgan fingerprint density at radius 1 is 1.46 bits per heavy atom. The molecule has 0 aliphatic heterocycles. The predicted molar refractivity (Wildman–Crippen MR) is 52.7 cm³/mol. The fourth-order valence-corrected chi connectivity index (χ4v) is 1.11. The summed E-state index contributed by atoms with van der Waals surface area (Å²) < 4.78 is 12.8. The fourth-order valence-electron chi connectivity index (χ4n) is 1.11. The summed E-state index contributed by atoms with van der Waals surface area (Å²) in [5.74, 6) is -0.274. The molecular formula is C9H13ClFNO. The van der Waals surface area contributed by atoms with Crippen LogP contribution in [0.25, 0.3) is 0 Å². The van der Waals surface area contributed by atoms with Crippen molar-refractivity contribution in [2.24, 2.45) is 5.73 Å². The molecule has 0 saturated heterocycles. The molecule has 0 heterocycles. The molecule has 2 nitrogen and oxygen atoms in total. The molecule has 0 spiro atoms. The molecule has 0 fully saturated rings. The molecule has 1 atom stereocenters. The second-order valence-corrected chi connectivity index (χ2v) is 2.95. The van der Waals surface area contributed by atoms with Crippen molar-refractivity contribution in [1.29, 1.82) is 0 Å². The van der Waals surface area contributed by atoms with E-state index in [0.717, 1.165) is 0 Å². The van der Waals surface area contributed by atoms with Crippen LogP contribution in [0.15, 0.2) is 12.1 Å². The lowest BCUT2D eigenvalue weighted by Gasteiger charge is -2.10. The van der Waals surface area contributed by atoms with E-state index in [-0.39, 0.29) is 30.0 Å². The Bertz CT molecular complexity index is 302. The van der Waals surface area contributed by atoms with Crippen LogP contribution in [0.3, 0.4) is 0 Å². The molecule has 0 aromatic heterocycles. The van der Waals surface area contributed by atoms with Crippen molar-refractivity contribution < 1.29 is 9.50 Å². The summed E-state index contributed by atoms with van der Waals surface area (Å²) >= 11 is 0. The summed E-state index contributed by atoms with van der Waals surface area (Å²) in [6, 6.07) is 2.19. The van der Waals surface area contributed by atoms with Crippen LogP contribution in [-0.4, -0.2) is 5.11 Å². The number of halogens is 2. The maximum Gasteiger partial charge on any atom is 0.124 e. The van der Waals surface area contributed by atoms with Gasteiger partial charge in [-0.05, 0) is 31.5 Å². The summed E-state index contributed by atoms with van der Waals surface area (Å²) in [7, 11) is 0. The maximum absolute atomic E-state index is 12.8. The zero-order valence-electron chi connectivity index (χ0n) is 7.54. The van der Waals surface area contributed by atoms with Crippen LogP contribution in [0, 0.1) is 12.7 Å². The normalized spacial score (nSPS) is 12.0. The summed E-state index contributed by atoms with van der Waals surface area (Å²) in [6.07, 6.45) is 0. The van der Waals surface area contributed by atoms with E-state index in [1.165, 1.54) is 12.1 Å². The lowest BCUT2D eigenvalue weighted by atomic mass is 10.0. The van der Waals surface area contributed by atoms with Crippen LogP contribution in [0.2, 0.25) is 0 Å². The highest BCUT2D eigenvalue weighted by Crippen LogP contribution is 2.27. The lowest BCUT2D eigenvalue weighted by Crippen LogP contribution is -2.06. The summed E-state index contributed by atoms with van der Waals surface area (Å²) in [5.41, 5.74) is 6.49. The summed E-state index contributed by atoms with van der Waals surface area (Å²) in [4.78, 5) is 0. The Labute approximate surface area is 83.0 Å². The average molecular weight is 206 g/mol. The molecule has 0 aliphatic carbocycles. The number of benzene rings is 1. The van der Waals surface area contributed by atoms with E-state index in [9.17, 15) is 9.50 Å². The van der Waals surface area contributed by atoms with Crippen LogP contribution < -0.4 is 5.73 Å². The van der Waals surface area contributed by atoms with E-state index in [1.807, 2.05) is 0 Å². The van der Waals surface area contributed by atoms with Crippen molar-refractivity contribution >= 4 is 12.4 Å². The Kier molecular flexibility index (Phi) is 4.17. The van der Waals surface area contributed by atoms with Crippen LogP contribution in [0.5, 0.6) is 5.75 Å². The predicted octanol–water partition coefficient (Wildman–Crippen LogP) is 2.28.